The molecule has 0 aromatic heterocycles. The van der Waals surface area contributed by atoms with Crippen molar-refractivity contribution in [2.45, 2.75) is 32.1 Å². The fraction of sp³-hybridized carbons (Fsp3) is 0.476. The first-order valence-corrected chi connectivity index (χ1v) is 9.50. The Labute approximate surface area is 159 Å². The summed E-state index contributed by atoms with van der Waals surface area (Å²) in [6.45, 7) is 0.747. The highest BCUT2D eigenvalue weighted by molar-refractivity contribution is 6.05. The summed E-state index contributed by atoms with van der Waals surface area (Å²) < 4.78 is 5.13. The van der Waals surface area contributed by atoms with Crippen molar-refractivity contribution < 1.29 is 19.1 Å². The largest absolute Gasteiger partial charge is 0.497 e. The Morgan fingerprint density at radius 2 is 1.74 bits per heavy atom. The number of nitrogens with zero attached hydrogens (tertiary/aromatic N) is 1. The second kappa shape index (κ2) is 8.84. The molecule has 0 spiro atoms. The molecule has 144 valence electrons. The van der Waals surface area contributed by atoms with E-state index >= 15 is 0 Å². The Balaban J connectivity index is 1.36. The quantitative estimate of drug-likeness (QED) is 0.432. The van der Waals surface area contributed by atoms with Crippen molar-refractivity contribution in [2.24, 2.45) is 11.8 Å². The van der Waals surface area contributed by atoms with Crippen molar-refractivity contribution in [3.63, 3.8) is 0 Å². The first-order valence-electron chi connectivity index (χ1n) is 9.50. The van der Waals surface area contributed by atoms with Gasteiger partial charge in [-0.25, -0.2) is 0 Å². The molecule has 2 atom stereocenters. The van der Waals surface area contributed by atoms with Crippen molar-refractivity contribution in [3.8, 4) is 5.75 Å². The molecule has 2 aliphatic rings. The number of rotatable bonds is 8. The van der Waals surface area contributed by atoms with Gasteiger partial charge in [0.05, 0.1) is 18.9 Å². The molecule has 0 bridgehead atoms. The molecule has 1 fully saturated rings. The Hall–Kier alpha value is -2.63. The average Bonchev–Trinajstić information content (AvgIpc) is 2.94. The Morgan fingerprint density at radius 1 is 1.11 bits per heavy atom. The summed E-state index contributed by atoms with van der Waals surface area (Å²) in [5, 5.41) is 2.87. The van der Waals surface area contributed by atoms with Gasteiger partial charge in [-0.1, -0.05) is 24.3 Å². The predicted octanol–water partition coefficient (Wildman–Crippen LogP) is 2.09. The molecule has 6 heteroatoms. The molecule has 0 unspecified atom stereocenters. The molecule has 3 rings (SSSR count). The third kappa shape index (κ3) is 4.56. The number of carbonyl (C=O) groups excluding carboxylic acids is 3. The summed E-state index contributed by atoms with van der Waals surface area (Å²) in [6, 6.07) is 7.87. The zero-order valence-electron chi connectivity index (χ0n) is 15.6. The van der Waals surface area contributed by atoms with E-state index in [2.05, 4.69) is 5.32 Å². The van der Waals surface area contributed by atoms with Gasteiger partial charge in [0.2, 0.25) is 17.7 Å². The van der Waals surface area contributed by atoms with Gasteiger partial charge in [0.1, 0.15) is 5.75 Å². The number of imide groups is 1. The van der Waals surface area contributed by atoms with Gasteiger partial charge in [0.25, 0.3) is 0 Å². The summed E-state index contributed by atoms with van der Waals surface area (Å²) >= 11 is 0. The van der Waals surface area contributed by atoms with Crippen LogP contribution >= 0.6 is 0 Å². The van der Waals surface area contributed by atoms with Crippen LogP contribution in [0.3, 0.4) is 0 Å². The van der Waals surface area contributed by atoms with E-state index in [9.17, 15) is 14.4 Å². The highest BCUT2D eigenvalue weighted by Gasteiger charge is 2.46. The Kier molecular flexibility index (Phi) is 6.27. The Bertz CT molecular complexity index is 700. The molecule has 1 aromatic carbocycles. The third-order valence-electron chi connectivity index (χ3n) is 5.28. The first kappa shape index (κ1) is 19.1. The molecular weight excluding hydrogens is 344 g/mol. The number of nitrogens with one attached hydrogen (secondary N) is 1. The molecule has 1 N–H and O–H groups in total. The molecule has 1 saturated heterocycles. The topological polar surface area (TPSA) is 75.7 Å². The van der Waals surface area contributed by atoms with Crippen molar-refractivity contribution in [1.82, 2.24) is 10.2 Å². The van der Waals surface area contributed by atoms with E-state index < -0.39 is 0 Å². The summed E-state index contributed by atoms with van der Waals surface area (Å²) in [7, 11) is 1.64. The standard InChI is InChI=1S/C21H26N2O4/c1-27-16-10-8-15(9-11-16)5-4-13-22-19(24)12-14-23-20(25)17-6-2-3-7-18(17)21(23)26/h2-3,8-11,17-18H,4-7,12-14H2,1H3,(H,22,24)/t17-,18+. The number of fused-ring (bicyclic) bond motifs is 1. The van der Waals surface area contributed by atoms with Gasteiger partial charge < -0.3 is 10.1 Å². The second-order valence-corrected chi connectivity index (χ2v) is 7.04. The lowest BCUT2D eigenvalue weighted by molar-refractivity contribution is -0.140. The first-order chi connectivity index (χ1) is 13.1. The van der Waals surface area contributed by atoms with E-state index in [4.69, 9.17) is 4.74 Å². The van der Waals surface area contributed by atoms with Crippen LogP contribution in [0.2, 0.25) is 0 Å². The number of amides is 3. The normalized spacial score (nSPS) is 21.3. The van der Waals surface area contributed by atoms with Gasteiger partial charge in [0.15, 0.2) is 0 Å². The van der Waals surface area contributed by atoms with Crippen LogP contribution in [0.15, 0.2) is 36.4 Å². The number of allylic oxidation sites excluding steroid dienone is 2. The molecule has 1 heterocycles. The number of aryl methyl sites for hydroxylation is 1. The van der Waals surface area contributed by atoms with Crippen LogP contribution in [-0.2, 0) is 20.8 Å². The molecule has 1 aliphatic carbocycles. The average molecular weight is 370 g/mol. The molecule has 0 saturated carbocycles. The summed E-state index contributed by atoms with van der Waals surface area (Å²) in [5.74, 6) is 0.000407. The van der Waals surface area contributed by atoms with E-state index in [1.165, 1.54) is 10.5 Å². The number of methoxy groups -OCH3 is 1. The SMILES string of the molecule is COc1ccc(CCCNC(=O)CCN2C(=O)[C@H]3CC=CC[C@H]3C2=O)cc1. The van der Waals surface area contributed by atoms with E-state index in [0.29, 0.717) is 19.4 Å². The number of ether oxygens (including phenoxy) is 1. The highest BCUT2D eigenvalue weighted by Crippen LogP contribution is 2.34. The molecule has 1 aromatic rings. The monoisotopic (exact) mass is 370 g/mol. The van der Waals surface area contributed by atoms with Gasteiger partial charge in [-0.15, -0.1) is 0 Å². The van der Waals surface area contributed by atoms with Gasteiger partial charge in [-0.05, 0) is 43.4 Å². The predicted molar refractivity (Wildman–Crippen MR) is 101 cm³/mol. The fourth-order valence-electron chi connectivity index (χ4n) is 3.70. The minimum absolute atomic E-state index is 0.123. The molecule has 6 nitrogen and oxygen atoms in total. The number of carbonyl (C=O) groups is 3. The molecule has 3 amide bonds. The summed E-state index contributed by atoms with van der Waals surface area (Å²) in [6.07, 6.45) is 7.04. The van der Waals surface area contributed by atoms with Crippen LogP contribution in [0, 0.1) is 11.8 Å². The van der Waals surface area contributed by atoms with E-state index in [1.54, 1.807) is 7.11 Å². The Morgan fingerprint density at radius 3 is 2.33 bits per heavy atom. The number of likely N-dealkylation sites (tertiary alicyclic amines) is 1. The van der Waals surface area contributed by atoms with Gasteiger partial charge in [-0.3, -0.25) is 19.3 Å². The number of hydrogen-bond donors (Lipinski definition) is 1. The van der Waals surface area contributed by atoms with Gasteiger partial charge in [0, 0.05) is 19.5 Å². The lowest BCUT2D eigenvalue weighted by Crippen LogP contribution is -2.35. The van der Waals surface area contributed by atoms with Crippen molar-refractivity contribution in [1.29, 1.82) is 0 Å². The zero-order valence-corrected chi connectivity index (χ0v) is 15.6. The van der Waals surface area contributed by atoms with Crippen molar-refractivity contribution in [3.05, 3.63) is 42.0 Å². The number of hydrogen-bond acceptors (Lipinski definition) is 4. The smallest absolute Gasteiger partial charge is 0.233 e. The fourth-order valence-corrected chi connectivity index (χ4v) is 3.70. The maximum atomic E-state index is 12.4. The lowest BCUT2D eigenvalue weighted by atomic mass is 9.85. The minimum Gasteiger partial charge on any atom is -0.497 e. The maximum Gasteiger partial charge on any atom is 0.233 e. The van der Waals surface area contributed by atoms with Crippen molar-refractivity contribution >= 4 is 17.7 Å². The van der Waals surface area contributed by atoms with E-state index in [1.807, 2.05) is 36.4 Å². The van der Waals surface area contributed by atoms with Crippen LogP contribution in [0.5, 0.6) is 5.75 Å². The highest BCUT2D eigenvalue weighted by atomic mass is 16.5. The maximum absolute atomic E-state index is 12.4. The third-order valence-corrected chi connectivity index (χ3v) is 5.28. The van der Waals surface area contributed by atoms with Crippen molar-refractivity contribution in [2.75, 3.05) is 20.2 Å². The zero-order chi connectivity index (χ0) is 19.2. The molecule has 1 aliphatic heterocycles. The van der Waals surface area contributed by atoms with E-state index in [-0.39, 0.29) is 42.5 Å². The van der Waals surface area contributed by atoms with Crippen LogP contribution in [-0.4, -0.2) is 42.8 Å². The molecule has 27 heavy (non-hydrogen) atoms. The number of benzene rings is 1. The van der Waals surface area contributed by atoms with Gasteiger partial charge in [-0.2, -0.15) is 0 Å². The second-order valence-electron chi connectivity index (χ2n) is 7.04. The molecular formula is C21H26N2O4. The van der Waals surface area contributed by atoms with Crippen LogP contribution in [0.25, 0.3) is 0 Å². The van der Waals surface area contributed by atoms with Crippen LogP contribution < -0.4 is 10.1 Å². The van der Waals surface area contributed by atoms with Crippen LogP contribution in [0.1, 0.15) is 31.2 Å². The molecule has 0 radical (unpaired) electrons. The van der Waals surface area contributed by atoms with Crippen LogP contribution in [0.4, 0.5) is 0 Å². The lowest BCUT2D eigenvalue weighted by Gasteiger charge is -2.14. The van der Waals surface area contributed by atoms with E-state index in [0.717, 1.165) is 18.6 Å². The summed E-state index contributed by atoms with van der Waals surface area (Å²) in [5.41, 5.74) is 1.19. The summed E-state index contributed by atoms with van der Waals surface area (Å²) in [4.78, 5) is 38.0. The minimum atomic E-state index is -0.227. The van der Waals surface area contributed by atoms with Gasteiger partial charge >= 0.3 is 0 Å².